The molecule has 1 aliphatic heterocycles. The van der Waals surface area contributed by atoms with Crippen LogP contribution in [0.4, 0.5) is 0 Å². The molecule has 0 aromatic carbocycles. The Labute approximate surface area is 108 Å². The van der Waals surface area contributed by atoms with Crippen molar-refractivity contribution in [2.45, 2.75) is 51.5 Å². The third kappa shape index (κ3) is 4.29. The fraction of sp³-hybridized carbons (Fsp3) is 0.846. The summed E-state index contributed by atoms with van der Waals surface area (Å²) >= 11 is 0. The average molecular weight is 256 g/mol. The van der Waals surface area contributed by atoms with Gasteiger partial charge in [0.25, 0.3) is 0 Å². The number of carboxylic acid groups (broad SMARTS) is 1. The minimum atomic E-state index is -0.807. The van der Waals surface area contributed by atoms with E-state index in [0.717, 1.165) is 32.2 Å². The molecule has 0 radical (unpaired) electrons. The van der Waals surface area contributed by atoms with Crippen LogP contribution in [0.5, 0.6) is 0 Å². The lowest BCUT2D eigenvalue weighted by Gasteiger charge is -2.33. The highest BCUT2D eigenvalue weighted by Crippen LogP contribution is 2.19. The number of hydrogen-bond donors (Lipinski definition) is 3. The van der Waals surface area contributed by atoms with Crippen LogP contribution in [0.3, 0.4) is 0 Å². The van der Waals surface area contributed by atoms with Crippen molar-refractivity contribution in [2.75, 3.05) is 13.1 Å². The molecular formula is C13H24N2O3. The van der Waals surface area contributed by atoms with Crippen LogP contribution in [0.2, 0.25) is 0 Å². The maximum absolute atomic E-state index is 12.1. The number of piperidine rings is 1. The number of amides is 1. The van der Waals surface area contributed by atoms with E-state index in [-0.39, 0.29) is 18.2 Å². The van der Waals surface area contributed by atoms with Crippen molar-refractivity contribution in [3.05, 3.63) is 0 Å². The fourth-order valence-electron chi connectivity index (χ4n) is 2.29. The Hall–Kier alpha value is -1.10. The van der Waals surface area contributed by atoms with Crippen molar-refractivity contribution in [1.82, 2.24) is 10.6 Å². The van der Waals surface area contributed by atoms with Gasteiger partial charge in [-0.2, -0.15) is 0 Å². The van der Waals surface area contributed by atoms with Gasteiger partial charge in [-0.1, -0.05) is 13.3 Å². The molecule has 1 amide bonds. The van der Waals surface area contributed by atoms with E-state index in [4.69, 9.17) is 5.11 Å². The number of aliphatic carboxylic acids is 1. The van der Waals surface area contributed by atoms with Crippen molar-refractivity contribution in [1.29, 1.82) is 0 Å². The summed E-state index contributed by atoms with van der Waals surface area (Å²) in [4.78, 5) is 22.8. The minimum absolute atomic E-state index is 0.00830. The lowest BCUT2D eigenvalue weighted by atomic mass is 9.90. The summed E-state index contributed by atoms with van der Waals surface area (Å²) in [6, 6.07) is 0. The van der Waals surface area contributed by atoms with E-state index in [0.29, 0.717) is 6.54 Å². The Kier molecular flexibility index (Phi) is 5.59. The average Bonchev–Trinajstić information content (AvgIpc) is 2.34. The van der Waals surface area contributed by atoms with Crippen molar-refractivity contribution >= 4 is 11.9 Å². The van der Waals surface area contributed by atoms with Gasteiger partial charge < -0.3 is 15.7 Å². The maximum atomic E-state index is 12.1. The fourth-order valence-corrected chi connectivity index (χ4v) is 2.29. The Morgan fingerprint density at radius 1 is 1.44 bits per heavy atom. The molecule has 0 bridgehead atoms. The first-order chi connectivity index (χ1) is 8.48. The number of nitrogens with one attached hydrogen (secondary N) is 2. The summed E-state index contributed by atoms with van der Waals surface area (Å²) in [7, 11) is 0. The van der Waals surface area contributed by atoms with Crippen molar-refractivity contribution in [2.24, 2.45) is 5.92 Å². The second-order valence-corrected chi connectivity index (χ2v) is 5.30. The Morgan fingerprint density at radius 2 is 2.17 bits per heavy atom. The van der Waals surface area contributed by atoms with E-state index in [1.807, 2.05) is 13.8 Å². The molecule has 3 N–H and O–H groups in total. The Morgan fingerprint density at radius 3 is 2.67 bits per heavy atom. The van der Waals surface area contributed by atoms with Crippen LogP contribution in [0.1, 0.15) is 46.0 Å². The smallest absolute Gasteiger partial charge is 0.303 e. The molecule has 0 spiro atoms. The van der Waals surface area contributed by atoms with Gasteiger partial charge in [-0.05, 0) is 38.6 Å². The van der Waals surface area contributed by atoms with Gasteiger partial charge in [-0.3, -0.25) is 9.59 Å². The molecule has 1 fully saturated rings. The standard InChI is InChI=1S/C13H24N2O3/c1-3-10(8-11(16)17)9-14-12(18)13(2)6-4-5-7-15-13/h10,15H,3-9H2,1-2H3,(H,14,18)(H,16,17). The summed E-state index contributed by atoms with van der Waals surface area (Å²) in [5, 5.41) is 14.9. The zero-order valence-corrected chi connectivity index (χ0v) is 11.3. The van der Waals surface area contributed by atoms with E-state index < -0.39 is 11.5 Å². The van der Waals surface area contributed by atoms with Crippen LogP contribution in [0, 0.1) is 5.92 Å². The molecule has 18 heavy (non-hydrogen) atoms. The molecule has 1 rings (SSSR count). The number of carbonyl (C=O) groups excluding carboxylic acids is 1. The number of hydrogen-bond acceptors (Lipinski definition) is 3. The van der Waals surface area contributed by atoms with E-state index in [1.165, 1.54) is 0 Å². The maximum Gasteiger partial charge on any atom is 0.303 e. The van der Waals surface area contributed by atoms with Crippen LogP contribution < -0.4 is 10.6 Å². The van der Waals surface area contributed by atoms with E-state index >= 15 is 0 Å². The predicted octanol–water partition coefficient (Wildman–Crippen LogP) is 1.14. The second kappa shape index (κ2) is 6.73. The van der Waals surface area contributed by atoms with Gasteiger partial charge in [0.2, 0.25) is 5.91 Å². The molecule has 0 aromatic rings. The van der Waals surface area contributed by atoms with Gasteiger partial charge in [0.05, 0.1) is 5.54 Å². The normalized spacial score (nSPS) is 25.4. The molecule has 1 heterocycles. The molecule has 0 saturated carbocycles. The summed E-state index contributed by atoms with van der Waals surface area (Å²) in [6.07, 6.45) is 3.88. The molecule has 104 valence electrons. The van der Waals surface area contributed by atoms with E-state index in [9.17, 15) is 9.59 Å². The first-order valence-corrected chi connectivity index (χ1v) is 6.73. The SMILES string of the molecule is CCC(CNC(=O)C1(C)CCCCN1)CC(=O)O. The molecule has 5 heteroatoms. The summed E-state index contributed by atoms with van der Waals surface area (Å²) < 4.78 is 0. The number of carbonyl (C=O) groups is 2. The predicted molar refractivity (Wildman–Crippen MR) is 69.3 cm³/mol. The van der Waals surface area contributed by atoms with Gasteiger partial charge >= 0.3 is 5.97 Å². The second-order valence-electron chi connectivity index (χ2n) is 5.30. The third-order valence-electron chi connectivity index (χ3n) is 3.71. The van der Waals surface area contributed by atoms with Crippen LogP contribution in [-0.2, 0) is 9.59 Å². The van der Waals surface area contributed by atoms with Gasteiger partial charge in [0.1, 0.15) is 0 Å². The molecule has 0 aliphatic carbocycles. The molecular weight excluding hydrogens is 232 g/mol. The van der Waals surface area contributed by atoms with Gasteiger partial charge in [0, 0.05) is 13.0 Å². The van der Waals surface area contributed by atoms with Crippen LogP contribution >= 0.6 is 0 Å². The molecule has 2 atom stereocenters. The van der Waals surface area contributed by atoms with Crippen LogP contribution in [-0.4, -0.2) is 35.6 Å². The largest absolute Gasteiger partial charge is 0.481 e. The zero-order valence-electron chi connectivity index (χ0n) is 11.3. The monoisotopic (exact) mass is 256 g/mol. The summed E-state index contributed by atoms with van der Waals surface area (Å²) in [5.74, 6) is -0.803. The molecule has 5 nitrogen and oxygen atoms in total. The van der Waals surface area contributed by atoms with Crippen molar-refractivity contribution in [3.8, 4) is 0 Å². The highest BCUT2D eigenvalue weighted by molar-refractivity contribution is 5.86. The minimum Gasteiger partial charge on any atom is -0.481 e. The first kappa shape index (κ1) is 15.0. The zero-order chi connectivity index (χ0) is 13.6. The molecule has 0 aromatic heterocycles. The van der Waals surface area contributed by atoms with Crippen molar-refractivity contribution in [3.63, 3.8) is 0 Å². The summed E-state index contributed by atoms with van der Waals surface area (Å²) in [5.41, 5.74) is -0.486. The van der Waals surface area contributed by atoms with Crippen molar-refractivity contribution < 1.29 is 14.7 Å². The quantitative estimate of drug-likeness (QED) is 0.666. The van der Waals surface area contributed by atoms with Gasteiger partial charge in [-0.25, -0.2) is 0 Å². The van der Waals surface area contributed by atoms with Gasteiger partial charge in [0.15, 0.2) is 0 Å². The number of carboxylic acids is 1. The lowest BCUT2D eigenvalue weighted by molar-refractivity contribution is -0.138. The molecule has 1 saturated heterocycles. The summed E-state index contributed by atoms with van der Waals surface area (Å²) in [6.45, 7) is 5.18. The van der Waals surface area contributed by atoms with E-state index in [2.05, 4.69) is 10.6 Å². The topological polar surface area (TPSA) is 78.4 Å². The highest BCUT2D eigenvalue weighted by atomic mass is 16.4. The van der Waals surface area contributed by atoms with E-state index in [1.54, 1.807) is 0 Å². The Bertz CT molecular complexity index is 299. The molecule has 1 aliphatic rings. The third-order valence-corrected chi connectivity index (χ3v) is 3.71. The first-order valence-electron chi connectivity index (χ1n) is 6.73. The Balaban J connectivity index is 2.41. The lowest BCUT2D eigenvalue weighted by Crippen LogP contribution is -2.57. The van der Waals surface area contributed by atoms with Gasteiger partial charge in [-0.15, -0.1) is 0 Å². The number of rotatable bonds is 6. The highest BCUT2D eigenvalue weighted by Gasteiger charge is 2.34. The van der Waals surface area contributed by atoms with Crippen LogP contribution in [0.25, 0.3) is 0 Å². The van der Waals surface area contributed by atoms with Crippen LogP contribution in [0.15, 0.2) is 0 Å². The molecule has 2 unspecified atom stereocenters.